The van der Waals surface area contributed by atoms with Gasteiger partial charge in [0, 0.05) is 32.1 Å². The summed E-state index contributed by atoms with van der Waals surface area (Å²) in [6, 6.07) is 10.0. The van der Waals surface area contributed by atoms with Gasteiger partial charge in [0.2, 0.25) is 5.91 Å². The van der Waals surface area contributed by atoms with E-state index in [1.165, 1.54) is 12.1 Å². The molecule has 2 aliphatic rings. The maximum absolute atomic E-state index is 13.0. The first-order valence-electron chi connectivity index (χ1n) is 9.06. The number of furan rings is 1. The normalized spacial score (nSPS) is 23.7. The molecule has 0 N–H and O–H groups in total. The minimum Gasteiger partial charge on any atom is -0.468 e. The third-order valence-corrected chi connectivity index (χ3v) is 5.19. The second-order valence-electron chi connectivity index (χ2n) is 7.09. The summed E-state index contributed by atoms with van der Waals surface area (Å²) >= 11 is 0. The van der Waals surface area contributed by atoms with Crippen LogP contribution < -0.4 is 0 Å². The number of likely N-dealkylation sites (tertiary alicyclic amines) is 1. The number of halogens is 1. The molecule has 6 heteroatoms. The number of amides is 1. The molecule has 1 aromatic carbocycles. The van der Waals surface area contributed by atoms with Gasteiger partial charge in [-0.25, -0.2) is 4.39 Å². The van der Waals surface area contributed by atoms with Crippen molar-refractivity contribution in [3.8, 4) is 0 Å². The third kappa shape index (κ3) is 3.97. The van der Waals surface area contributed by atoms with E-state index in [-0.39, 0.29) is 17.8 Å². The van der Waals surface area contributed by atoms with E-state index in [0.717, 1.165) is 31.0 Å². The molecule has 0 saturated carbocycles. The van der Waals surface area contributed by atoms with E-state index in [9.17, 15) is 9.18 Å². The molecule has 1 aromatic heterocycles. The molecule has 2 aliphatic heterocycles. The monoisotopic (exact) mass is 358 g/mol. The number of benzene rings is 1. The van der Waals surface area contributed by atoms with Gasteiger partial charge < -0.3 is 14.1 Å². The van der Waals surface area contributed by atoms with Gasteiger partial charge in [0.15, 0.2) is 0 Å². The van der Waals surface area contributed by atoms with E-state index < -0.39 is 0 Å². The lowest BCUT2D eigenvalue weighted by molar-refractivity contribution is -0.130. The molecule has 2 atom stereocenters. The van der Waals surface area contributed by atoms with Crippen LogP contribution in [0.2, 0.25) is 0 Å². The predicted molar refractivity (Wildman–Crippen MR) is 93.9 cm³/mol. The van der Waals surface area contributed by atoms with Crippen LogP contribution in [0.5, 0.6) is 0 Å². The number of hydrogen-bond acceptors (Lipinski definition) is 4. The Morgan fingerprint density at radius 1 is 1.15 bits per heavy atom. The summed E-state index contributed by atoms with van der Waals surface area (Å²) in [4.78, 5) is 16.8. The van der Waals surface area contributed by atoms with Crippen LogP contribution in [0.25, 0.3) is 0 Å². The maximum Gasteiger partial charge on any atom is 0.227 e. The molecule has 26 heavy (non-hydrogen) atoms. The minimum absolute atomic E-state index is 0.0749. The first kappa shape index (κ1) is 17.2. The lowest BCUT2D eigenvalue weighted by atomic mass is 10.1. The number of ether oxygens (including phenoxy) is 1. The van der Waals surface area contributed by atoms with Gasteiger partial charge in [-0.2, -0.15) is 0 Å². The van der Waals surface area contributed by atoms with Crippen molar-refractivity contribution in [2.45, 2.75) is 19.1 Å². The zero-order valence-electron chi connectivity index (χ0n) is 14.6. The summed E-state index contributed by atoms with van der Waals surface area (Å²) in [5.74, 6) is 1.05. The van der Waals surface area contributed by atoms with Crippen LogP contribution in [-0.2, 0) is 22.5 Å². The Hall–Kier alpha value is -2.18. The van der Waals surface area contributed by atoms with Crippen molar-refractivity contribution >= 4 is 5.91 Å². The van der Waals surface area contributed by atoms with E-state index in [1.54, 1.807) is 18.4 Å². The molecule has 3 heterocycles. The van der Waals surface area contributed by atoms with Crippen molar-refractivity contribution in [1.82, 2.24) is 9.80 Å². The number of rotatable bonds is 4. The van der Waals surface area contributed by atoms with E-state index in [0.29, 0.717) is 32.0 Å². The lowest BCUT2D eigenvalue weighted by Crippen LogP contribution is -2.34. The summed E-state index contributed by atoms with van der Waals surface area (Å²) in [7, 11) is 0. The Morgan fingerprint density at radius 3 is 2.77 bits per heavy atom. The molecular formula is C20H23FN2O3. The number of fused-ring (bicyclic) bond motifs is 1. The van der Waals surface area contributed by atoms with Crippen LogP contribution >= 0.6 is 0 Å². The molecule has 4 rings (SSSR count). The number of hydrogen-bond donors (Lipinski definition) is 0. The summed E-state index contributed by atoms with van der Waals surface area (Å²) in [5, 5.41) is 0. The topological polar surface area (TPSA) is 45.9 Å². The molecule has 1 amide bonds. The van der Waals surface area contributed by atoms with Crippen molar-refractivity contribution in [1.29, 1.82) is 0 Å². The van der Waals surface area contributed by atoms with Gasteiger partial charge in [0.25, 0.3) is 0 Å². The van der Waals surface area contributed by atoms with E-state index in [1.807, 2.05) is 17.0 Å². The van der Waals surface area contributed by atoms with Crippen molar-refractivity contribution < 1.29 is 18.3 Å². The van der Waals surface area contributed by atoms with Gasteiger partial charge in [-0.15, -0.1) is 0 Å². The quantitative estimate of drug-likeness (QED) is 0.842. The van der Waals surface area contributed by atoms with Crippen molar-refractivity contribution in [3.05, 3.63) is 59.8 Å². The SMILES string of the molecule is O=C(Cc1ccc(F)cc1)N1C[C@H]2CN(Cc3ccco3)CCO[C@H]2C1. The largest absolute Gasteiger partial charge is 0.468 e. The molecule has 0 unspecified atom stereocenters. The molecule has 0 aliphatic carbocycles. The zero-order valence-corrected chi connectivity index (χ0v) is 14.6. The molecular weight excluding hydrogens is 335 g/mol. The van der Waals surface area contributed by atoms with Crippen molar-refractivity contribution in [2.75, 3.05) is 32.8 Å². The van der Waals surface area contributed by atoms with Crippen LogP contribution in [0.3, 0.4) is 0 Å². The van der Waals surface area contributed by atoms with E-state index >= 15 is 0 Å². The number of nitrogens with zero attached hydrogens (tertiary/aromatic N) is 2. The molecule has 2 aromatic rings. The molecule has 0 radical (unpaired) electrons. The fourth-order valence-corrected chi connectivity index (χ4v) is 3.82. The maximum atomic E-state index is 13.0. The van der Waals surface area contributed by atoms with Crippen molar-refractivity contribution in [3.63, 3.8) is 0 Å². The fourth-order valence-electron chi connectivity index (χ4n) is 3.82. The Balaban J connectivity index is 1.35. The van der Waals surface area contributed by atoms with Crippen molar-refractivity contribution in [2.24, 2.45) is 5.92 Å². The average molecular weight is 358 g/mol. The van der Waals surface area contributed by atoms with Gasteiger partial charge in [0.1, 0.15) is 11.6 Å². The highest BCUT2D eigenvalue weighted by molar-refractivity contribution is 5.79. The first-order valence-corrected chi connectivity index (χ1v) is 9.06. The van der Waals surface area contributed by atoms with Gasteiger partial charge in [-0.05, 0) is 29.8 Å². The second-order valence-corrected chi connectivity index (χ2v) is 7.09. The molecule has 0 bridgehead atoms. The third-order valence-electron chi connectivity index (χ3n) is 5.19. The van der Waals surface area contributed by atoms with Crippen LogP contribution in [0.15, 0.2) is 47.1 Å². The first-order chi connectivity index (χ1) is 12.7. The number of carbonyl (C=O) groups is 1. The number of carbonyl (C=O) groups excluding carboxylic acids is 1. The fraction of sp³-hybridized carbons (Fsp3) is 0.450. The predicted octanol–water partition coefficient (Wildman–Crippen LogP) is 2.32. The second kappa shape index (κ2) is 7.60. The van der Waals surface area contributed by atoms with Crippen LogP contribution in [0.1, 0.15) is 11.3 Å². The van der Waals surface area contributed by atoms with Crippen LogP contribution in [-0.4, -0.2) is 54.6 Å². The molecule has 5 nitrogen and oxygen atoms in total. The molecule has 0 spiro atoms. The van der Waals surface area contributed by atoms with Crippen LogP contribution in [0, 0.1) is 11.7 Å². The minimum atomic E-state index is -0.283. The lowest BCUT2D eigenvalue weighted by Gasteiger charge is -2.22. The summed E-state index contributed by atoms with van der Waals surface area (Å²) in [5.41, 5.74) is 0.837. The highest BCUT2D eigenvalue weighted by atomic mass is 19.1. The van der Waals surface area contributed by atoms with E-state index in [2.05, 4.69) is 4.90 Å². The van der Waals surface area contributed by atoms with Gasteiger partial charge >= 0.3 is 0 Å². The average Bonchev–Trinajstić information content (AvgIpc) is 3.24. The highest BCUT2D eigenvalue weighted by Crippen LogP contribution is 2.25. The van der Waals surface area contributed by atoms with E-state index in [4.69, 9.17) is 9.15 Å². The van der Waals surface area contributed by atoms with Gasteiger partial charge in [0.05, 0.1) is 31.9 Å². The molecule has 2 saturated heterocycles. The highest BCUT2D eigenvalue weighted by Gasteiger charge is 2.38. The Kier molecular flexibility index (Phi) is 5.04. The van der Waals surface area contributed by atoms with Gasteiger partial charge in [-0.3, -0.25) is 9.69 Å². The summed E-state index contributed by atoms with van der Waals surface area (Å²) < 4.78 is 24.5. The Labute approximate surface area is 152 Å². The molecule has 2 fully saturated rings. The Morgan fingerprint density at radius 2 is 2.00 bits per heavy atom. The smallest absolute Gasteiger partial charge is 0.227 e. The summed E-state index contributed by atoms with van der Waals surface area (Å²) in [6.45, 7) is 4.55. The Bertz CT molecular complexity index is 732. The zero-order chi connectivity index (χ0) is 17.9. The van der Waals surface area contributed by atoms with Crippen LogP contribution in [0.4, 0.5) is 4.39 Å². The van der Waals surface area contributed by atoms with Gasteiger partial charge in [-0.1, -0.05) is 12.1 Å². The standard InChI is InChI=1S/C20H23FN2O3/c21-17-5-3-15(4-6-17)10-20(24)23-12-16-11-22(7-9-26-19(16)14-23)13-18-2-1-8-25-18/h1-6,8,16,19H,7,9-14H2/t16-,19+/m1/s1. The molecule has 138 valence electrons. The summed E-state index contributed by atoms with van der Waals surface area (Å²) in [6.07, 6.45) is 2.09.